The van der Waals surface area contributed by atoms with Gasteiger partial charge in [0.2, 0.25) is 5.91 Å². The molecule has 0 saturated heterocycles. The number of ether oxygens (including phenoxy) is 2. The van der Waals surface area contributed by atoms with Gasteiger partial charge in [-0.15, -0.1) is 0 Å². The number of benzene rings is 3. The number of nitrogens with one attached hydrogen (secondary N) is 1. The van der Waals surface area contributed by atoms with E-state index in [1.807, 2.05) is 78.9 Å². The minimum absolute atomic E-state index is 0.0342. The van der Waals surface area contributed by atoms with Crippen LogP contribution in [-0.2, 0) is 36.9 Å². The Morgan fingerprint density at radius 3 is 2.27 bits per heavy atom. The molecule has 6 nitrogen and oxygen atoms in total. The molecular weight excluding hydrogens is 490 g/mol. The molecule has 0 fully saturated rings. The lowest BCUT2D eigenvalue weighted by molar-refractivity contribution is -0.145. The van der Waals surface area contributed by atoms with Crippen molar-refractivity contribution in [3.05, 3.63) is 95.0 Å². The van der Waals surface area contributed by atoms with E-state index < -0.39 is 12.0 Å². The third-order valence-corrected chi connectivity index (χ3v) is 5.94. The molecule has 0 unspecified atom stereocenters. The zero-order valence-corrected chi connectivity index (χ0v) is 21.7. The fraction of sp³-hybridized carbons (Fsp3) is 0.300. The summed E-state index contributed by atoms with van der Waals surface area (Å²) in [6, 6.07) is 24.6. The lowest BCUT2D eigenvalue weighted by Crippen LogP contribution is -2.38. The van der Waals surface area contributed by atoms with Crippen LogP contribution in [0.15, 0.2) is 78.9 Å². The van der Waals surface area contributed by atoms with Crippen molar-refractivity contribution < 1.29 is 23.9 Å². The molecule has 0 aliphatic heterocycles. The molecule has 37 heavy (non-hydrogen) atoms. The van der Waals surface area contributed by atoms with Gasteiger partial charge in [-0.1, -0.05) is 78.3 Å². The molecule has 7 heteroatoms. The van der Waals surface area contributed by atoms with Gasteiger partial charge in [0, 0.05) is 23.9 Å². The molecule has 0 bridgehead atoms. The average Bonchev–Trinajstić information content (AvgIpc) is 2.88. The predicted octanol–water partition coefficient (Wildman–Crippen LogP) is 5.90. The normalized spacial score (nSPS) is 11.4. The fourth-order valence-corrected chi connectivity index (χ4v) is 4.07. The van der Waals surface area contributed by atoms with Crippen molar-refractivity contribution in [3.8, 4) is 11.1 Å². The number of hydrogen-bond donors (Lipinski definition) is 1. The van der Waals surface area contributed by atoms with Crippen LogP contribution < -0.4 is 5.32 Å². The second-order valence-corrected chi connectivity index (χ2v) is 9.12. The van der Waals surface area contributed by atoms with E-state index in [2.05, 4.69) is 5.32 Å². The topological polar surface area (TPSA) is 81.7 Å². The standard InChI is InChI=1S/C30H32ClNO5/c1-2-36-29(34)13-7-12-28(33)32-27(20-30(35)37-21-23-8-4-3-5-9-23)18-22-14-16-24(17-15-22)25-10-6-11-26(31)19-25/h3-6,8-11,14-17,19,27H,2,7,12-13,18,20-21H2,1H3,(H,32,33)/t27-/m1/s1. The van der Waals surface area contributed by atoms with Gasteiger partial charge in [0.15, 0.2) is 0 Å². The Morgan fingerprint density at radius 2 is 1.57 bits per heavy atom. The molecule has 0 saturated carbocycles. The predicted molar refractivity (Wildman–Crippen MR) is 144 cm³/mol. The second kappa shape index (κ2) is 14.8. The Morgan fingerprint density at radius 1 is 0.811 bits per heavy atom. The maximum atomic E-state index is 12.6. The van der Waals surface area contributed by atoms with Crippen LogP contribution in [0, 0.1) is 0 Å². The summed E-state index contributed by atoms with van der Waals surface area (Å²) in [6.07, 6.45) is 1.22. The molecule has 0 aliphatic carbocycles. The summed E-state index contributed by atoms with van der Waals surface area (Å²) in [5, 5.41) is 3.61. The van der Waals surface area contributed by atoms with Gasteiger partial charge in [-0.25, -0.2) is 0 Å². The molecule has 194 valence electrons. The number of hydrogen-bond acceptors (Lipinski definition) is 5. The Labute approximate surface area is 222 Å². The van der Waals surface area contributed by atoms with Crippen molar-refractivity contribution in [1.82, 2.24) is 5.32 Å². The molecule has 3 rings (SSSR count). The van der Waals surface area contributed by atoms with Crippen molar-refractivity contribution in [2.45, 2.75) is 51.7 Å². The molecule has 0 radical (unpaired) electrons. The SMILES string of the molecule is CCOC(=O)CCCC(=O)N[C@@H](CC(=O)OCc1ccccc1)Cc1ccc(-c2cccc(Cl)c2)cc1. The first kappa shape index (κ1) is 27.9. The third-order valence-electron chi connectivity index (χ3n) is 5.70. The smallest absolute Gasteiger partial charge is 0.308 e. The van der Waals surface area contributed by atoms with Crippen LogP contribution in [0.4, 0.5) is 0 Å². The first-order valence-corrected chi connectivity index (χ1v) is 12.8. The summed E-state index contributed by atoms with van der Waals surface area (Å²) < 4.78 is 10.4. The van der Waals surface area contributed by atoms with Crippen LogP contribution in [0.5, 0.6) is 0 Å². The highest BCUT2D eigenvalue weighted by atomic mass is 35.5. The van der Waals surface area contributed by atoms with Gasteiger partial charge < -0.3 is 14.8 Å². The van der Waals surface area contributed by atoms with E-state index in [0.29, 0.717) is 24.5 Å². The minimum Gasteiger partial charge on any atom is -0.466 e. The number of amides is 1. The van der Waals surface area contributed by atoms with Crippen LogP contribution in [-0.4, -0.2) is 30.5 Å². The number of esters is 2. The van der Waals surface area contributed by atoms with Gasteiger partial charge in [-0.05, 0) is 54.2 Å². The fourth-order valence-electron chi connectivity index (χ4n) is 3.88. The van der Waals surface area contributed by atoms with Crippen LogP contribution in [0.3, 0.4) is 0 Å². The molecule has 1 amide bonds. The Hall–Kier alpha value is -3.64. The summed E-state index contributed by atoms with van der Waals surface area (Å²) in [6.45, 7) is 2.23. The van der Waals surface area contributed by atoms with Gasteiger partial charge in [0.05, 0.1) is 13.0 Å². The quantitative estimate of drug-likeness (QED) is 0.283. The lowest BCUT2D eigenvalue weighted by atomic mass is 9.99. The van der Waals surface area contributed by atoms with Crippen molar-refractivity contribution >= 4 is 29.4 Å². The number of halogens is 1. The molecule has 3 aromatic carbocycles. The van der Waals surface area contributed by atoms with Crippen molar-refractivity contribution in [1.29, 1.82) is 0 Å². The molecule has 0 aliphatic rings. The van der Waals surface area contributed by atoms with Crippen molar-refractivity contribution in [3.63, 3.8) is 0 Å². The molecule has 1 N–H and O–H groups in total. The maximum Gasteiger partial charge on any atom is 0.308 e. The number of carbonyl (C=O) groups excluding carboxylic acids is 3. The van der Waals surface area contributed by atoms with Crippen LogP contribution >= 0.6 is 11.6 Å². The van der Waals surface area contributed by atoms with Gasteiger partial charge in [-0.2, -0.15) is 0 Å². The Bertz CT molecular complexity index is 1160. The largest absolute Gasteiger partial charge is 0.466 e. The average molecular weight is 522 g/mol. The lowest BCUT2D eigenvalue weighted by Gasteiger charge is -2.19. The first-order chi connectivity index (χ1) is 17.9. The molecule has 3 aromatic rings. The summed E-state index contributed by atoms with van der Waals surface area (Å²) in [5.74, 6) is -0.937. The molecule has 0 heterocycles. The highest BCUT2D eigenvalue weighted by molar-refractivity contribution is 6.30. The van der Waals surface area contributed by atoms with E-state index in [0.717, 1.165) is 22.3 Å². The molecule has 1 atom stereocenters. The Kier molecular flexibility index (Phi) is 11.2. The van der Waals surface area contributed by atoms with E-state index >= 15 is 0 Å². The highest BCUT2D eigenvalue weighted by Crippen LogP contribution is 2.23. The van der Waals surface area contributed by atoms with Gasteiger partial charge >= 0.3 is 11.9 Å². The van der Waals surface area contributed by atoms with E-state index in [1.54, 1.807) is 6.92 Å². The molecule has 0 aromatic heterocycles. The summed E-state index contributed by atoms with van der Waals surface area (Å²) in [5.41, 5.74) is 3.90. The molecule has 0 spiro atoms. The number of rotatable bonds is 13. The zero-order valence-electron chi connectivity index (χ0n) is 21.0. The van der Waals surface area contributed by atoms with Crippen molar-refractivity contribution in [2.75, 3.05) is 6.61 Å². The van der Waals surface area contributed by atoms with E-state index in [4.69, 9.17) is 21.1 Å². The van der Waals surface area contributed by atoms with E-state index in [1.165, 1.54) is 0 Å². The minimum atomic E-state index is -0.449. The van der Waals surface area contributed by atoms with Gasteiger partial charge in [-0.3, -0.25) is 14.4 Å². The van der Waals surface area contributed by atoms with Crippen LogP contribution in [0.1, 0.15) is 43.7 Å². The summed E-state index contributed by atoms with van der Waals surface area (Å²) in [4.78, 5) is 36.7. The number of carbonyl (C=O) groups is 3. The van der Waals surface area contributed by atoms with Gasteiger partial charge in [0.25, 0.3) is 0 Å². The van der Waals surface area contributed by atoms with Crippen LogP contribution in [0.25, 0.3) is 11.1 Å². The van der Waals surface area contributed by atoms with E-state index in [-0.39, 0.29) is 37.7 Å². The van der Waals surface area contributed by atoms with Crippen LogP contribution in [0.2, 0.25) is 5.02 Å². The first-order valence-electron chi connectivity index (χ1n) is 12.4. The monoisotopic (exact) mass is 521 g/mol. The summed E-state index contributed by atoms with van der Waals surface area (Å²) >= 11 is 6.12. The maximum absolute atomic E-state index is 12.6. The zero-order chi connectivity index (χ0) is 26.5. The van der Waals surface area contributed by atoms with E-state index in [9.17, 15) is 14.4 Å². The molecular formula is C30H32ClNO5. The van der Waals surface area contributed by atoms with Crippen molar-refractivity contribution in [2.24, 2.45) is 0 Å². The summed E-state index contributed by atoms with van der Waals surface area (Å²) in [7, 11) is 0. The second-order valence-electron chi connectivity index (χ2n) is 8.68. The highest BCUT2D eigenvalue weighted by Gasteiger charge is 2.19. The van der Waals surface area contributed by atoms with Gasteiger partial charge in [0.1, 0.15) is 6.61 Å². The third kappa shape index (κ3) is 10.1. The Balaban J connectivity index is 1.61.